The first-order valence-corrected chi connectivity index (χ1v) is 8.42. The molecule has 2 aromatic carbocycles. The summed E-state index contributed by atoms with van der Waals surface area (Å²) in [6.07, 6.45) is 0.949. The van der Waals surface area contributed by atoms with Crippen LogP contribution in [-0.2, 0) is 6.54 Å². The van der Waals surface area contributed by atoms with Gasteiger partial charge in [-0.05, 0) is 62.0 Å². The molecule has 0 spiro atoms. The number of benzene rings is 2. The molecular formula is C20H24N4O. The van der Waals surface area contributed by atoms with E-state index >= 15 is 0 Å². The van der Waals surface area contributed by atoms with E-state index in [1.807, 2.05) is 42.5 Å². The summed E-state index contributed by atoms with van der Waals surface area (Å²) in [5, 5.41) is 1.07. The molecule has 1 heterocycles. The lowest BCUT2D eigenvalue weighted by molar-refractivity contribution is 0.257. The first-order chi connectivity index (χ1) is 12.1. The third kappa shape index (κ3) is 4.84. The number of aromatic nitrogens is 1. The van der Waals surface area contributed by atoms with Crippen LogP contribution >= 0.6 is 0 Å². The molecule has 3 rings (SSSR count). The van der Waals surface area contributed by atoms with Crippen molar-refractivity contribution in [1.29, 1.82) is 0 Å². The van der Waals surface area contributed by atoms with E-state index in [0.29, 0.717) is 6.61 Å². The molecule has 3 aromatic rings. The minimum absolute atomic E-state index is 0.679. The number of nitrogen functional groups attached to an aromatic ring is 2. The van der Waals surface area contributed by atoms with Crippen molar-refractivity contribution in [2.24, 2.45) is 0 Å². The Hall–Kier alpha value is -2.79. The molecule has 0 amide bonds. The zero-order valence-electron chi connectivity index (χ0n) is 14.5. The Balaban J connectivity index is 1.46. The van der Waals surface area contributed by atoms with Gasteiger partial charge in [-0.3, -0.25) is 4.98 Å². The van der Waals surface area contributed by atoms with Crippen molar-refractivity contribution in [2.75, 3.05) is 31.7 Å². The van der Waals surface area contributed by atoms with E-state index in [-0.39, 0.29) is 0 Å². The standard InChI is InChI=1S/C20H24N4O/c1-24(11-2-12-25-19-8-4-16(21)5-9-19)14-18-7-3-15-13-17(22)6-10-20(15)23-18/h3-10,13H,2,11-12,14,21-22H2,1H3. The van der Waals surface area contributed by atoms with E-state index in [1.165, 1.54) is 0 Å². The molecule has 0 fully saturated rings. The van der Waals surface area contributed by atoms with Gasteiger partial charge in [0.05, 0.1) is 17.8 Å². The van der Waals surface area contributed by atoms with Gasteiger partial charge in [0.25, 0.3) is 0 Å². The van der Waals surface area contributed by atoms with Gasteiger partial charge < -0.3 is 21.1 Å². The van der Waals surface area contributed by atoms with Gasteiger partial charge in [-0.25, -0.2) is 0 Å². The number of nitrogens with zero attached hydrogens (tertiary/aromatic N) is 2. The topological polar surface area (TPSA) is 77.4 Å². The summed E-state index contributed by atoms with van der Waals surface area (Å²) in [6.45, 7) is 2.43. The summed E-state index contributed by atoms with van der Waals surface area (Å²) in [5.74, 6) is 0.854. The number of hydrogen-bond donors (Lipinski definition) is 2. The van der Waals surface area contributed by atoms with Crippen molar-refractivity contribution >= 4 is 22.3 Å². The zero-order valence-corrected chi connectivity index (χ0v) is 14.5. The molecule has 0 unspecified atom stereocenters. The van der Waals surface area contributed by atoms with E-state index in [9.17, 15) is 0 Å². The predicted molar refractivity (Wildman–Crippen MR) is 103 cm³/mol. The highest BCUT2D eigenvalue weighted by molar-refractivity contribution is 5.81. The number of rotatable bonds is 7. The lowest BCUT2D eigenvalue weighted by Gasteiger charge is -2.16. The quantitative estimate of drug-likeness (QED) is 0.511. The summed E-state index contributed by atoms with van der Waals surface area (Å²) in [6, 6.07) is 17.4. The maximum Gasteiger partial charge on any atom is 0.119 e. The van der Waals surface area contributed by atoms with Gasteiger partial charge in [0, 0.05) is 29.9 Å². The Morgan fingerprint density at radius 2 is 1.72 bits per heavy atom. The molecule has 0 bridgehead atoms. The predicted octanol–water partition coefficient (Wildman–Crippen LogP) is 3.30. The van der Waals surface area contributed by atoms with Gasteiger partial charge in [0.15, 0.2) is 0 Å². The van der Waals surface area contributed by atoms with Gasteiger partial charge in [0.2, 0.25) is 0 Å². The number of hydrogen-bond acceptors (Lipinski definition) is 5. The SMILES string of the molecule is CN(CCCOc1ccc(N)cc1)Cc1ccc2cc(N)ccc2n1. The van der Waals surface area contributed by atoms with Crippen molar-refractivity contribution in [2.45, 2.75) is 13.0 Å². The van der Waals surface area contributed by atoms with Crippen molar-refractivity contribution in [3.05, 3.63) is 60.3 Å². The molecule has 0 saturated heterocycles. The molecule has 0 aliphatic carbocycles. The molecule has 5 nitrogen and oxygen atoms in total. The van der Waals surface area contributed by atoms with Crippen LogP contribution in [0.1, 0.15) is 12.1 Å². The second-order valence-corrected chi connectivity index (χ2v) is 6.26. The van der Waals surface area contributed by atoms with Crippen LogP contribution in [0.5, 0.6) is 5.75 Å². The minimum atomic E-state index is 0.679. The summed E-state index contributed by atoms with van der Waals surface area (Å²) in [7, 11) is 2.10. The Bertz CT molecular complexity index is 833. The van der Waals surface area contributed by atoms with E-state index in [1.54, 1.807) is 0 Å². The summed E-state index contributed by atoms with van der Waals surface area (Å²) in [5.41, 5.74) is 15.0. The zero-order chi connectivity index (χ0) is 17.6. The van der Waals surface area contributed by atoms with Crippen LogP contribution in [0.2, 0.25) is 0 Å². The molecule has 0 aliphatic heterocycles. The van der Waals surface area contributed by atoms with E-state index in [0.717, 1.165) is 53.2 Å². The molecule has 0 saturated carbocycles. The number of fused-ring (bicyclic) bond motifs is 1. The number of pyridine rings is 1. The monoisotopic (exact) mass is 336 g/mol. The first kappa shape index (κ1) is 17.0. The molecule has 0 aliphatic rings. The van der Waals surface area contributed by atoms with Crippen molar-refractivity contribution in [3.63, 3.8) is 0 Å². The Morgan fingerprint density at radius 3 is 2.52 bits per heavy atom. The first-order valence-electron chi connectivity index (χ1n) is 8.42. The molecule has 0 radical (unpaired) electrons. The van der Waals surface area contributed by atoms with Crippen LogP contribution in [-0.4, -0.2) is 30.1 Å². The Morgan fingerprint density at radius 1 is 0.960 bits per heavy atom. The average molecular weight is 336 g/mol. The lowest BCUT2D eigenvalue weighted by Crippen LogP contribution is -2.21. The lowest BCUT2D eigenvalue weighted by atomic mass is 10.2. The Kier molecular flexibility index (Phi) is 5.36. The maximum absolute atomic E-state index is 5.81. The number of nitrogens with two attached hydrogens (primary N) is 2. The van der Waals surface area contributed by atoms with Crippen LogP contribution in [0.15, 0.2) is 54.6 Å². The summed E-state index contributed by atoms with van der Waals surface area (Å²) in [4.78, 5) is 6.95. The third-order valence-corrected chi connectivity index (χ3v) is 4.04. The highest BCUT2D eigenvalue weighted by Gasteiger charge is 2.04. The summed E-state index contributed by atoms with van der Waals surface area (Å²) < 4.78 is 5.72. The second kappa shape index (κ2) is 7.85. The average Bonchev–Trinajstić information content (AvgIpc) is 2.60. The van der Waals surface area contributed by atoms with Gasteiger partial charge in [-0.1, -0.05) is 6.07 Å². The minimum Gasteiger partial charge on any atom is -0.494 e. The van der Waals surface area contributed by atoms with Crippen molar-refractivity contribution < 1.29 is 4.74 Å². The van der Waals surface area contributed by atoms with Gasteiger partial charge >= 0.3 is 0 Å². The summed E-state index contributed by atoms with van der Waals surface area (Å²) >= 11 is 0. The van der Waals surface area contributed by atoms with Crippen molar-refractivity contribution in [3.8, 4) is 5.75 Å². The molecule has 5 heteroatoms. The third-order valence-electron chi connectivity index (χ3n) is 4.04. The maximum atomic E-state index is 5.81. The van der Waals surface area contributed by atoms with Crippen molar-refractivity contribution in [1.82, 2.24) is 9.88 Å². The molecule has 0 atom stereocenters. The van der Waals surface area contributed by atoms with Crippen LogP contribution in [0.25, 0.3) is 10.9 Å². The second-order valence-electron chi connectivity index (χ2n) is 6.26. The normalized spacial score (nSPS) is 11.1. The van der Waals surface area contributed by atoms with E-state index in [2.05, 4.69) is 24.1 Å². The fraction of sp³-hybridized carbons (Fsp3) is 0.250. The van der Waals surface area contributed by atoms with E-state index < -0.39 is 0 Å². The fourth-order valence-electron chi connectivity index (χ4n) is 2.72. The molecule has 4 N–H and O–H groups in total. The van der Waals surface area contributed by atoms with E-state index in [4.69, 9.17) is 21.2 Å². The smallest absolute Gasteiger partial charge is 0.119 e. The van der Waals surface area contributed by atoms with Gasteiger partial charge in [-0.15, -0.1) is 0 Å². The highest BCUT2D eigenvalue weighted by atomic mass is 16.5. The number of anilines is 2. The van der Waals surface area contributed by atoms with Gasteiger partial charge in [-0.2, -0.15) is 0 Å². The molecule has 25 heavy (non-hydrogen) atoms. The highest BCUT2D eigenvalue weighted by Crippen LogP contribution is 2.17. The molecule has 1 aromatic heterocycles. The molecule has 130 valence electrons. The molecular weight excluding hydrogens is 312 g/mol. The van der Waals surface area contributed by atoms with Crippen LogP contribution in [0.4, 0.5) is 11.4 Å². The largest absolute Gasteiger partial charge is 0.494 e. The van der Waals surface area contributed by atoms with Crippen LogP contribution < -0.4 is 16.2 Å². The Labute approximate surface area is 148 Å². The van der Waals surface area contributed by atoms with Gasteiger partial charge in [0.1, 0.15) is 5.75 Å². The number of ether oxygens (including phenoxy) is 1. The van der Waals surface area contributed by atoms with Crippen LogP contribution in [0.3, 0.4) is 0 Å². The van der Waals surface area contributed by atoms with Crippen LogP contribution in [0, 0.1) is 0 Å². The fourth-order valence-corrected chi connectivity index (χ4v) is 2.72.